The highest BCUT2D eigenvalue weighted by Gasteiger charge is 2.32. The Morgan fingerprint density at radius 3 is 2.37 bits per heavy atom. The molecule has 3 aromatic rings. The van der Waals surface area contributed by atoms with Gasteiger partial charge in [0.25, 0.3) is 11.8 Å². The number of hydrogen-bond donors (Lipinski definition) is 2. The van der Waals surface area contributed by atoms with Crippen molar-refractivity contribution in [3.63, 3.8) is 0 Å². The normalized spacial score (nSPS) is 19.6. The molecule has 0 bridgehead atoms. The molecule has 1 atom stereocenters. The summed E-state index contributed by atoms with van der Waals surface area (Å²) in [5.74, 6) is 0.912. The van der Waals surface area contributed by atoms with Crippen molar-refractivity contribution in [2.45, 2.75) is 83.2 Å². The van der Waals surface area contributed by atoms with Gasteiger partial charge in [-0.1, -0.05) is 30.2 Å². The van der Waals surface area contributed by atoms with E-state index in [1.165, 1.54) is 42.6 Å². The quantitative estimate of drug-likeness (QED) is 0.356. The minimum absolute atomic E-state index is 0.0188. The highest BCUT2D eigenvalue weighted by Crippen LogP contribution is 2.37. The largest absolute Gasteiger partial charge is 0.493 e. The first-order chi connectivity index (χ1) is 22.4. The molecule has 1 saturated carbocycles. The zero-order valence-electron chi connectivity index (χ0n) is 26.9. The highest BCUT2D eigenvalue weighted by atomic mass is 16.5. The molecule has 11 nitrogen and oxygen atoms in total. The summed E-state index contributed by atoms with van der Waals surface area (Å²) < 4.78 is 5.90. The molecule has 1 aliphatic carbocycles. The second kappa shape index (κ2) is 14.5. The van der Waals surface area contributed by atoms with Gasteiger partial charge in [-0.3, -0.25) is 19.3 Å². The van der Waals surface area contributed by atoms with E-state index in [2.05, 4.69) is 38.0 Å². The van der Waals surface area contributed by atoms with E-state index >= 15 is 0 Å². The predicted molar refractivity (Wildman–Crippen MR) is 175 cm³/mol. The molecule has 0 spiro atoms. The van der Waals surface area contributed by atoms with Crippen LogP contribution in [0.1, 0.15) is 97.4 Å². The lowest BCUT2D eigenvalue weighted by atomic mass is 9.83. The van der Waals surface area contributed by atoms with Crippen LogP contribution < -0.4 is 15.5 Å². The fourth-order valence-electron chi connectivity index (χ4n) is 7.22. The Labute approximate surface area is 270 Å². The number of amides is 3. The third-order valence-electron chi connectivity index (χ3n) is 9.64. The van der Waals surface area contributed by atoms with Gasteiger partial charge < -0.3 is 15.0 Å². The van der Waals surface area contributed by atoms with E-state index in [0.29, 0.717) is 48.5 Å². The van der Waals surface area contributed by atoms with Crippen molar-refractivity contribution in [3.05, 3.63) is 65.4 Å². The van der Waals surface area contributed by atoms with E-state index in [0.717, 1.165) is 43.7 Å². The topological polar surface area (TPSA) is 122 Å². The van der Waals surface area contributed by atoms with Crippen molar-refractivity contribution >= 4 is 17.7 Å². The van der Waals surface area contributed by atoms with Crippen molar-refractivity contribution in [1.82, 2.24) is 30.2 Å². The number of likely N-dealkylation sites (tertiary alicyclic amines) is 2. The lowest BCUT2D eigenvalue weighted by Crippen LogP contribution is -2.47. The maximum atomic E-state index is 13.2. The summed E-state index contributed by atoms with van der Waals surface area (Å²) in [4.78, 5) is 43.2. The Kier molecular flexibility index (Phi) is 9.97. The summed E-state index contributed by atoms with van der Waals surface area (Å²) in [5, 5.41) is 11.9. The van der Waals surface area contributed by atoms with Gasteiger partial charge >= 0.3 is 0 Å². The van der Waals surface area contributed by atoms with Gasteiger partial charge in [0.05, 0.1) is 12.8 Å². The molecule has 2 N–H and O–H groups in total. The summed E-state index contributed by atoms with van der Waals surface area (Å²) >= 11 is 0. The summed E-state index contributed by atoms with van der Waals surface area (Å²) in [6.45, 7) is 7.29. The first-order valence-corrected chi connectivity index (χ1v) is 16.8. The second-order valence-electron chi connectivity index (χ2n) is 12.8. The molecule has 1 aromatic heterocycles. The molecular weight excluding hydrogens is 582 g/mol. The molecule has 3 heterocycles. The van der Waals surface area contributed by atoms with Gasteiger partial charge in [-0.05, 0) is 86.9 Å². The number of ether oxygens (including phenoxy) is 1. The summed E-state index contributed by atoms with van der Waals surface area (Å²) in [6.07, 6.45) is 10.6. The number of rotatable bonds is 9. The average Bonchev–Trinajstić information content (AvgIpc) is 3.75. The number of benzene rings is 2. The number of nitrogens with one attached hydrogen (secondary N) is 2. The van der Waals surface area contributed by atoms with Crippen LogP contribution in [0.15, 0.2) is 48.7 Å². The van der Waals surface area contributed by atoms with Crippen molar-refractivity contribution in [1.29, 1.82) is 0 Å². The molecule has 2 aromatic carbocycles. The summed E-state index contributed by atoms with van der Waals surface area (Å²) in [5.41, 5.74) is 6.48. The maximum Gasteiger partial charge on any atom is 0.272 e. The summed E-state index contributed by atoms with van der Waals surface area (Å²) in [6, 6.07) is 13.7. The van der Waals surface area contributed by atoms with Crippen LogP contribution in [0.25, 0.3) is 11.3 Å². The Morgan fingerprint density at radius 2 is 1.65 bits per heavy atom. The minimum Gasteiger partial charge on any atom is -0.493 e. The van der Waals surface area contributed by atoms with Gasteiger partial charge in [0.15, 0.2) is 0 Å². The Morgan fingerprint density at radius 1 is 0.913 bits per heavy atom. The van der Waals surface area contributed by atoms with E-state index in [1.54, 1.807) is 37.4 Å². The highest BCUT2D eigenvalue weighted by molar-refractivity contribution is 6.01. The van der Waals surface area contributed by atoms with E-state index in [4.69, 9.17) is 4.74 Å². The molecule has 46 heavy (non-hydrogen) atoms. The fourth-order valence-corrected chi connectivity index (χ4v) is 7.22. The van der Waals surface area contributed by atoms with Gasteiger partial charge in [-0.2, -0.15) is 0 Å². The van der Waals surface area contributed by atoms with Crippen molar-refractivity contribution < 1.29 is 19.1 Å². The number of carbonyl (C=O) groups is 3. The van der Waals surface area contributed by atoms with Crippen molar-refractivity contribution in [2.75, 3.05) is 38.2 Å². The van der Waals surface area contributed by atoms with E-state index in [1.807, 2.05) is 17.9 Å². The third-order valence-corrected chi connectivity index (χ3v) is 9.64. The lowest BCUT2D eigenvalue weighted by Gasteiger charge is -2.36. The SMILES string of the molecule is CCOc1ccc(C2CCCCC2)cc1-c1cnn(NC(=O)c2ccc(C(=O)N3CCC(N4CCC(NC(C)=O)C4)CC3)cc2)n1. The van der Waals surface area contributed by atoms with Gasteiger partial charge in [-0.15, -0.1) is 10.2 Å². The molecule has 3 amide bonds. The van der Waals surface area contributed by atoms with Crippen LogP contribution in [-0.4, -0.2) is 87.5 Å². The molecule has 11 heteroatoms. The number of aromatic nitrogens is 3. The number of carbonyl (C=O) groups excluding carboxylic acids is 3. The molecule has 6 rings (SSSR count). The standard InChI is InChI=1S/C35H45N7O4/c1-3-46-33-14-13-28(25-7-5-4-6-8-25)21-31(33)32-22-36-42(38-32)39-34(44)26-9-11-27(12-10-26)35(45)40-19-16-30(17-20-40)41-18-15-29(23-41)37-24(2)43/h9-14,21-22,25,29-30H,3-8,15-20,23H2,1-2H3,(H,37,43)(H,39,44). The molecule has 2 saturated heterocycles. The van der Waals surface area contributed by atoms with E-state index in [-0.39, 0.29) is 23.8 Å². The molecule has 3 fully saturated rings. The fraction of sp³-hybridized carbons (Fsp3) is 0.514. The first-order valence-electron chi connectivity index (χ1n) is 16.8. The third kappa shape index (κ3) is 7.41. The Balaban J connectivity index is 1.04. The van der Waals surface area contributed by atoms with Crippen LogP contribution in [0, 0.1) is 0 Å². The van der Waals surface area contributed by atoms with Crippen LogP contribution >= 0.6 is 0 Å². The lowest BCUT2D eigenvalue weighted by molar-refractivity contribution is -0.119. The zero-order chi connectivity index (χ0) is 32.0. The minimum atomic E-state index is -0.369. The van der Waals surface area contributed by atoms with Crippen LogP contribution in [-0.2, 0) is 4.79 Å². The molecule has 244 valence electrons. The Hall–Kier alpha value is -4.25. The van der Waals surface area contributed by atoms with Gasteiger partial charge in [-0.25, -0.2) is 5.43 Å². The monoisotopic (exact) mass is 627 g/mol. The number of piperidine rings is 1. The van der Waals surface area contributed by atoms with E-state index in [9.17, 15) is 14.4 Å². The Bertz CT molecular complexity index is 1520. The van der Waals surface area contributed by atoms with Gasteiger partial charge in [0.1, 0.15) is 11.4 Å². The molecule has 3 aliphatic rings. The van der Waals surface area contributed by atoms with Gasteiger partial charge in [0, 0.05) is 61.9 Å². The zero-order valence-corrected chi connectivity index (χ0v) is 26.9. The maximum absolute atomic E-state index is 13.2. The first kappa shape index (κ1) is 31.7. The molecular formula is C35H45N7O4. The summed E-state index contributed by atoms with van der Waals surface area (Å²) in [7, 11) is 0. The predicted octanol–water partition coefficient (Wildman–Crippen LogP) is 4.59. The second-order valence-corrected chi connectivity index (χ2v) is 12.8. The van der Waals surface area contributed by atoms with Crippen LogP contribution in [0.2, 0.25) is 0 Å². The van der Waals surface area contributed by atoms with Crippen LogP contribution in [0.5, 0.6) is 5.75 Å². The number of nitrogens with zero attached hydrogens (tertiary/aromatic N) is 5. The smallest absolute Gasteiger partial charge is 0.272 e. The number of hydrogen-bond acceptors (Lipinski definition) is 7. The molecule has 1 unspecified atom stereocenters. The van der Waals surface area contributed by atoms with Crippen molar-refractivity contribution in [3.8, 4) is 17.0 Å². The van der Waals surface area contributed by atoms with E-state index < -0.39 is 0 Å². The van der Waals surface area contributed by atoms with Crippen LogP contribution in [0.3, 0.4) is 0 Å². The molecule has 0 radical (unpaired) electrons. The average molecular weight is 628 g/mol. The van der Waals surface area contributed by atoms with Gasteiger partial charge in [0.2, 0.25) is 5.91 Å². The molecule has 2 aliphatic heterocycles. The van der Waals surface area contributed by atoms with Crippen molar-refractivity contribution in [2.24, 2.45) is 0 Å². The van der Waals surface area contributed by atoms with Crippen LogP contribution in [0.4, 0.5) is 0 Å².